The van der Waals surface area contributed by atoms with E-state index in [0.29, 0.717) is 16.7 Å². The molecule has 0 heterocycles. The highest BCUT2D eigenvalue weighted by atomic mass is 16.6. The Morgan fingerprint density at radius 2 is 1.70 bits per heavy atom. The Kier molecular flexibility index (Phi) is 6.77. The van der Waals surface area contributed by atoms with Crippen molar-refractivity contribution in [2.45, 2.75) is 6.92 Å². The Hall–Kier alpha value is -3.38. The summed E-state index contributed by atoms with van der Waals surface area (Å²) in [5, 5.41) is 17.7. The fraction of sp³-hybridized carbons (Fsp3) is 0.176. The van der Waals surface area contributed by atoms with Gasteiger partial charge in [0.2, 0.25) is 0 Å². The molecule has 0 fully saturated rings. The number of benzene rings is 1. The number of esters is 2. The minimum atomic E-state index is -0.628. The number of rotatable bonds is 6. The second-order valence-corrected chi connectivity index (χ2v) is 4.48. The lowest BCUT2D eigenvalue weighted by Crippen LogP contribution is -2.12. The molecule has 0 radical (unpaired) electrons. The molecule has 0 aliphatic heterocycles. The summed E-state index contributed by atoms with van der Waals surface area (Å²) in [6, 6.07) is 8.40. The SMILES string of the molecule is C=C(C)C(=O)OCCOC(=O)/C=C/c1cc(C#N)cc(C#N)c1. The van der Waals surface area contributed by atoms with Crippen molar-refractivity contribution in [2.75, 3.05) is 13.2 Å². The zero-order valence-corrected chi connectivity index (χ0v) is 12.5. The van der Waals surface area contributed by atoms with Gasteiger partial charge in [-0.05, 0) is 36.8 Å². The average Bonchev–Trinajstić information content (AvgIpc) is 2.55. The van der Waals surface area contributed by atoms with Crippen LogP contribution in [0, 0.1) is 22.7 Å². The lowest BCUT2D eigenvalue weighted by atomic mass is 10.1. The van der Waals surface area contributed by atoms with Crippen LogP contribution in [-0.2, 0) is 19.1 Å². The number of nitriles is 2. The summed E-state index contributed by atoms with van der Waals surface area (Å²) in [5.74, 6) is -1.17. The van der Waals surface area contributed by atoms with Crippen molar-refractivity contribution in [3.63, 3.8) is 0 Å². The van der Waals surface area contributed by atoms with E-state index in [-0.39, 0.29) is 18.8 Å². The maximum atomic E-state index is 11.5. The number of nitrogens with zero attached hydrogens (tertiary/aromatic N) is 2. The summed E-state index contributed by atoms with van der Waals surface area (Å²) >= 11 is 0. The number of carbonyl (C=O) groups is 2. The summed E-state index contributed by atoms with van der Waals surface area (Å²) in [5.41, 5.74) is 1.45. The summed E-state index contributed by atoms with van der Waals surface area (Å²) in [4.78, 5) is 22.6. The van der Waals surface area contributed by atoms with Gasteiger partial charge in [0, 0.05) is 11.6 Å². The molecule has 0 N–H and O–H groups in total. The van der Waals surface area contributed by atoms with Crippen LogP contribution in [0.3, 0.4) is 0 Å². The molecule has 23 heavy (non-hydrogen) atoms. The molecule has 116 valence electrons. The smallest absolute Gasteiger partial charge is 0.333 e. The van der Waals surface area contributed by atoms with E-state index in [9.17, 15) is 9.59 Å². The molecule has 0 saturated heterocycles. The lowest BCUT2D eigenvalue weighted by Gasteiger charge is -2.04. The topological polar surface area (TPSA) is 100 Å². The van der Waals surface area contributed by atoms with Crippen LogP contribution in [0.15, 0.2) is 36.4 Å². The first-order valence-corrected chi connectivity index (χ1v) is 6.59. The monoisotopic (exact) mass is 310 g/mol. The Balaban J connectivity index is 2.53. The predicted molar refractivity (Wildman–Crippen MR) is 81.6 cm³/mol. The molecule has 0 bridgehead atoms. The first kappa shape index (κ1) is 17.7. The van der Waals surface area contributed by atoms with E-state index in [2.05, 4.69) is 6.58 Å². The third-order valence-corrected chi connectivity index (χ3v) is 2.53. The van der Waals surface area contributed by atoms with E-state index in [1.54, 1.807) is 12.1 Å². The van der Waals surface area contributed by atoms with E-state index in [0.717, 1.165) is 6.08 Å². The molecule has 0 aromatic heterocycles. The molecule has 0 spiro atoms. The Morgan fingerprint density at radius 1 is 1.13 bits per heavy atom. The van der Waals surface area contributed by atoms with Crippen LogP contribution in [0.2, 0.25) is 0 Å². The van der Waals surface area contributed by atoms with E-state index < -0.39 is 11.9 Å². The van der Waals surface area contributed by atoms with Crippen LogP contribution >= 0.6 is 0 Å². The van der Waals surface area contributed by atoms with E-state index in [1.165, 1.54) is 19.1 Å². The van der Waals surface area contributed by atoms with Gasteiger partial charge in [0.05, 0.1) is 23.3 Å². The normalized spacial score (nSPS) is 9.70. The van der Waals surface area contributed by atoms with Gasteiger partial charge < -0.3 is 9.47 Å². The van der Waals surface area contributed by atoms with Gasteiger partial charge in [-0.2, -0.15) is 10.5 Å². The first-order valence-electron chi connectivity index (χ1n) is 6.59. The van der Waals surface area contributed by atoms with Crippen molar-refractivity contribution in [1.29, 1.82) is 10.5 Å². The molecule has 0 aliphatic carbocycles. The average molecular weight is 310 g/mol. The number of hydrogen-bond acceptors (Lipinski definition) is 6. The molecule has 1 rings (SSSR count). The molecule has 0 saturated carbocycles. The zero-order chi connectivity index (χ0) is 17.2. The highest BCUT2D eigenvalue weighted by Crippen LogP contribution is 2.10. The van der Waals surface area contributed by atoms with E-state index in [4.69, 9.17) is 20.0 Å². The predicted octanol–water partition coefficient (Wildman–Crippen LogP) is 2.11. The molecule has 1 aromatic carbocycles. The maximum absolute atomic E-state index is 11.5. The highest BCUT2D eigenvalue weighted by molar-refractivity contribution is 5.87. The molecule has 6 heteroatoms. The van der Waals surface area contributed by atoms with Gasteiger partial charge in [-0.1, -0.05) is 6.58 Å². The highest BCUT2D eigenvalue weighted by Gasteiger charge is 2.04. The third kappa shape index (κ3) is 6.28. The van der Waals surface area contributed by atoms with Crippen molar-refractivity contribution in [2.24, 2.45) is 0 Å². The van der Waals surface area contributed by atoms with Crippen molar-refractivity contribution < 1.29 is 19.1 Å². The minimum absolute atomic E-state index is 0.0617. The number of ether oxygens (including phenoxy) is 2. The van der Waals surface area contributed by atoms with Crippen LogP contribution in [0.25, 0.3) is 6.08 Å². The summed E-state index contributed by atoms with van der Waals surface area (Å²) in [6.45, 7) is 4.80. The van der Waals surface area contributed by atoms with Gasteiger partial charge in [-0.25, -0.2) is 9.59 Å². The fourth-order valence-corrected chi connectivity index (χ4v) is 1.49. The van der Waals surface area contributed by atoms with Crippen molar-refractivity contribution in [3.8, 4) is 12.1 Å². The quantitative estimate of drug-likeness (QED) is 0.453. The van der Waals surface area contributed by atoms with Crippen LogP contribution in [0.4, 0.5) is 0 Å². The standard InChI is InChI=1S/C17H14N2O4/c1-12(2)17(21)23-6-5-22-16(20)4-3-13-7-14(10-18)9-15(8-13)11-19/h3-4,7-9H,1,5-6H2,2H3/b4-3+. The lowest BCUT2D eigenvalue weighted by molar-refractivity contribution is -0.146. The van der Waals surface area contributed by atoms with Crippen molar-refractivity contribution in [3.05, 3.63) is 53.1 Å². The fourth-order valence-electron chi connectivity index (χ4n) is 1.49. The van der Waals surface area contributed by atoms with Crippen LogP contribution in [0.5, 0.6) is 0 Å². The largest absolute Gasteiger partial charge is 0.459 e. The van der Waals surface area contributed by atoms with Gasteiger partial charge >= 0.3 is 11.9 Å². The molecule has 6 nitrogen and oxygen atoms in total. The Labute approximate surface area is 133 Å². The van der Waals surface area contributed by atoms with Crippen LogP contribution in [-0.4, -0.2) is 25.2 Å². The van der Waals surface area contributed by atoms with E-state index in [1.807, 2.05) is 12.1 Å². The van der Waals surface area contributed by atoms with Gasteiger partial charge in [0.1, 0.15) is 13.2 Å². The summed E-state index contributed by atoms with van der Waals surface area (Å²) in [7, 11) is 0. The molecular formula is C17H14N2O4. The van der Waals surface area contributed by atoms with Gasteiger partial charge in [-0.15, -0.1) is 0 Å². The first-order chi connectivity index (χ1) is 11.0. The molecular weight excluding hydrogens is 296 g/mol. The maximum Gasteiger partial charge on any atom is 0.333 e. The third-order valence-electron chi connectivity index (χ3n) is 2.53. The van der Waals surface area contributed by atoms with Crippen LogP contribution in [0.1, 0.15) is 23.6 Å². The minimum Gasteiger partial charge on any atom is -0.459 e. The van der Waals surface area contributed by atoms with Gasteiger partial charge in [0.15, 0.2) is 0 Å². The van der Waals surface area contributed by atoms with Crippen molar-refractivity contribution >= 4 is 18.0 Å². The molecule has 0 aliphatic rings. The molecule has 0 atom stereocenters. The second-order valence-electron chi connectivity index (χ2n) is 4.48. The molecule has 1 aromatic rings. The summed E-state index contributed by atoms with van der Waals surface area (Å²) in [6.07, 6.45) is 2.60. The Bertz CT molecular complexity index is 704. The summed E-state index contributed by atoms with van der Waals surface area (Å²) < 4.78 is 9.61. The van der Waals surface area contributed by atoms with Gasteiger partial charge in [-0.3, -0.25) is 0 Å². The molecule has 0 amide bonds. The zero-order valence-electron chi connectivity index (χ0n) is 12.5. The van der Waals surface area contributed by atoms with Crippen LogP contribution < -0.4 is 0 Å². The van der Waals surface area contributed by atoms with Crippen molar-refractivity contribution in [1.82, 2.24) is 0 Å². The number of hydrogen-bond donors (Lipinski definition) is 0. The second kappa shape index (κ2) is 8.81. The number of carbonyl (C=O) groups excluding carboxylic acids is 2. The molecule has 0 unspecified atom stereocenters. The Morgan fingerprint density at radius 3 is 2.22 bits per heavy atom. The van der Waals surface area contributed by atoms with E-state index >= 15 is 0 Å². The van der Waals surface area contributed by atoms with Gasteiger partial charge in [0.25, 0.3) is 0 Å².